The minimum Gasteiger partial charge on any atom is -0.481 e. The van der Waals surface area contributed by atoms with E-state index in [4.69, 9.17) is 11.6 Å². The maximum atomic E-state index is 12.7. The molecule has 2 N–H and O–H groups in total. The molecule has 2 aromatic carbocycles. The number of carbonyl (C=O) groups excluding carboxylic acids is 1. The largest absolute Gasteiger partial charge is 0.481 e. The zero-order valence-electron chi connectivity index (χ0n) is 13.6. The van der Waals surface area contributed by atoms with Crippen LogP contribution in [-0.2, 0) is 9.59 Å². The summed E-state index contributed by atoms with van der Waals surface area (Å²) < 4.78 is 0. The molecular weight excluding hydrogens is 326 g/mol. The number of nitrogens with one attached hydrogen (secondary N) is 1. The van der Waals surface area contributed by atoms with Crippen LogP contribution in [0.2, 0.25) is 5.02 Å². The zero-order valence-corrected chi connectivity index (χ0v) is 14.4. The lowest BCUT2D eigenvalue weighted by molar-refractivity contribution is -0.140. The molecule has 0 bridgehead atoms. The Morgan fingerprint density at radius 3 is 2.42 bits per heavy atom. The molecule has 0 fully saturated rings. The Morgan fingerprint density at radius 2 is 1.79 bits per heavy atom. The van der Waals surface area contributed by atoms with Gasteiger partial charge in [-0.05, 0) is 36.1 Å². The molecule has 0 radical (unpaired) electrons. The lowest BCUT2D eigenvalue weighted by Crippen LogP contribution is -2.29. The van der Waals surface area contributed by atoms with E-state index in [0.717, 1.165) is 11.1 Å². The topological polar surface area (TPSA) is 66.4 Å². The van der Waals surface area contributed by atoms with Crippen molar-refractivity contribution in [2.45, 2.75) is 26.2 Å². The number of amides is 1. The molecular formula is C19H20ClNO3. The first-order valence-electron chi connectivity index (χ1n) is 7.73. The number of anilines is 1. The first-order valence-corrected chi connectivity index (χ1v) is 8.10. The molecule has 0 aliphatic carbocycles. The van der Waals surface area contributed by atoms with Crippen molar-refractivity contribution >= 4 is 29.2 Å². The summed E-state index contributed by atoms with van der Waals surface area (Å²) in [5.41, 5.74) is 2.29. The highest BCUT2D eigenvalue weighted by atomic mass is 35.5. The Bertz CT molecular complexity index is 731. The zero-order chi connectivity index (χ0) is 17.7. The van der Waals surface area contributed by atoms with E-state index in [1.165, 1.54) is 0 Å². The van der Waals surface area contributed by atoms with Crippen LogP contribution in [0.25, 0.3) is 0 Å². The third-order valence-corrected chi connectivity index (χ3v) is 4.60. The highest BCUT2D eigenvalue weighted by molar-refractivity contribution is 6.31. The van der Waals surface area contributed by atoms with Crippen LogP contribution in [0.5, 0.6) is 0 Å². The van der Waals surface area contributed by atoms with Crippen LogP contribution >= 0.6 is 11.6 Å². The van der Waals surface area contributed by atoms with E-state index >= 15 is 0 Å². The van der Waals surface area contributed by atoms with Gasteiger partial charge >= 0.3 is 5.97 Å². The molecule has 0 heterocycles. The average molecular weight is 346 g/mol. The van der Waals surface area contributed by atoms with Crippen molar-refractivity contribution in [3.8, 4) is 0 Å². The molecule has 126 valence electrons. The van der Waals surface area contributed by atoms with E-state index in [-0.39, 0.29) is 18.2 Å². The summed E-state index contributed by atoms with van der Waals surface area (Å²) in [5, 5.41) is 12.6. The van der Waals surface area contributed by atoms with Crippen LogP contribution in [0.4, 0.5) is 5.69 Å². The van der Waals surface area contributed by atoms with E-state index in [2.05, 4.69) is 5.32 Å². The SMILES string of the molecule is Cc1c(Cl)cccc1NC(=O)[C@H](CC(=O)O)[C@@H](C)c1ccccc1. The summed E-state index contributed by atoms with van der Waals surface area (Å²) in [6, 6.07) is 14.7. The van der Waals surface area contributed by atoms with Crippen molar-refractivity contribution < 1.29 is 14.7 Å². The van der Waals surface area contributed by atoms with Gasteiger partial charge in [-0.2, -0.15) is 0 Å². The smallest absolute Gasteiger partial charge is 0.304 e. The Kier molecular flexibility index (Phi) is 5.99. The van der Waals surface area contributed by atoms with Gasteiger partial charge in [0.1, 0.15) is 0 Å². The molecule has 0 saturated carbocycles. The van der Waals surface area contributed by atoms with Gasteiger partial charge in [-0.25, -0.2) is 0 Å². The Labute approximate surface area is 146 Å². The Balaban J connectivity index is 2.25. The highest BCUT2D eigenvalue weighted by Gasteiger charge is 2.29. The van der Waals surface area contributed by atoms with Gasteiger partial charge in [0, 0.05) is 10.7 Å². The molecule has 2 atom stereocenters. The highest BCUT2D eigenvalue weighted by Crippen LogP contribution is 2.29. The number of halogens is 1. The third kappa shape index (κ3) is 4.36. The van der Waals surface area contributed by atoms with Crippen molar-refractivity contribution in [2.75, 3.05) is 5.32 Å². The molecule has 0 unspecified atom stereocenters. The maximum Gasteiger partial charge on any atom is 0.304 e. The quantitative estimate of drug-likeness (QED) is 0.811. The number of carboxylic acids is 1. The molecule has 0 saturated heterocycles. The minimum atomic E-state index is -0.999. The number of benzene rings is 2. The minimum absolute atomic E-state index is 0.221. The van der Waals surface area contributed by atoms with Crippen molar-refractivity contribution in [1.29, 1.82) is 0 Å². The lowest BCUT2D eigenvalue weighted by atomic mass is 9.84. The first kappa shape index (κ1) is 18.0. The number of rotatable bonds is 6. The predicted molar refractivity (Wildman–Crippen MR) is 95.4 cm³/mol. The van der Waals surface area contributed by atoms with Gasteiger partial charge in [0.25, 0.3) is 0 Å². The number of carboxylic acid groups (broad SMARTS) is 1. The molecule has 0 aliphatic rings. The fourth-order valence-corrected chi connectivity index (χ4v) is 2.82. The second kappa shape index (κ2) is 7.97. The Hall–Kier alpha value is -2.33. The summed E-state index contributed by atoms with van der Waals surface area (Å²) in [4.78, 5) is 23.9. The molecule has 0 aliphatic heterocycles. The van der Waals surface area contributed by atoms with Gasteiger partial charge in [0.05, 0.1) is 12.3 Å². The predicted octanol–water partition coefficient (Wildman–Crippen LogP) is 4.48. The summed E-state index contributed by atoms with van der Waals surface area (Å²) in [6.45, 7) is 3.68. The van der Waals surface area contributed by atoms with Crippen LogP contribution in [0.3, 0.4) is 0 Å². The van der Waals surface area contributed by atoms with Gasteiger partial charge in [-0.15, -0.1) is 0 Å². The second-order valence-corrected chi connectivity index (χ2v) is 6.21. The summed E-state index contributed by atoms with van der Waals surface area (Å²) in [5.74, 6) is -2.22. The number of hydrogen-bond donors (Lipinski definition) is 2. The molecule has 0 aromatic heterocycles. The van der Waals surface area contributed by atoms with E-state index in [9.17, 15) is 14.7 Å². The summed E-state index contributed by atoms with van der Waals surface area (Å²) in [7, 11) is 0. The van der Waals surface area contributed by atoms with Crippen LogP contribution in [0.15, 0.2) is 48.5 Å². The molecule has 2 aromatic rings. The molecule has 0 spiro atoms. The van der Waals surface area contributed by atoms with Crippen LogP contribution in [0, 0.1) is 12.8 Å². The lowest BCUT2D eigenvalue weighted by Gasteiger charge is -2.23. The molecule has 4 nitrogen and oxygen atoms in total. The number of aliphatic carboxylic acids is 1. The number of hydrogen-bond acceptors (Lipinski definition) is 2. The average Bonchev–Trinajstić information content (AvgIpc) is 2.56. The number of carbonyl (C=O) groups is 2. The van der Waals surface area contributed by atoms with Gasteiger partial charge in [0.2, 0.25) is 5.91 Å². The van der Waals surface area contributed by atoms with Crippen molar-refractivity contribution in [3.05, 3.63) is 64.7 Å². The van der Waals surface area contributed by atoms with E-state index in [0.29, 0.717) is 10.7 Å². The van der Waals surface area contributed by atoms with E-state index in [1.807, 2.05) is 44.2 Å². The van der Waals surface area contributed by atoms with Crippen LogP contribution in [0.1, 0.15) is 30.4 Å². The monoisotopic (exact) mass is 345 g/mol. The standard InChI is InChI=1S/C19H20ClNO3/c1-12(14-7-4-3-5-8-14)15(11-18(22)23)19(24)21-17-10-6-9-16(20)13(17)2/h3-10,12,15H,11H2,1-2H3,(H,21,24)(H,22,23)/t12-,15+/m0/s1. The van der Waals surface area contributed by atoms with Gasteiger partial charge < -0.3 is 10.4 Å². The fraction of sp³-hybridized carbons (Fsp3) is 0.263. The molecule has 24 heavy (non-hydrogen) atoms. The van der Waals surface area contributed by atoms with Gasteiger partial charge in [0.15, 0.2) is 0 Å². The fourth-order valence-electron chi connectivity index (χ4n) is 2.64. The van der Waals surface area contributed by atoms with Gasteiger partial charge in [-0.1, -0.05) is 54.9 Å². The normalized spacial score (nSPS) is 13.1. The third-order valence-electron chi connectivity index (χ3n) is 4.19. The molecule has 5 heteroatoms. The van der Waals surface area contributed by atoms with E-state index < -0.39 is 11.9 Å². The maximum absolute atomic E-state index is 12.7. The van der Waals surface area contributed by atoms with Crippen molar-refractivity contribution in [2.24, 2.45) is 5.92 Å². The van der Waals surface area contributed by atoms with E-state index in [1.54, 1.807) is 18.2 Å². The van der Waals surface area contributed by atoms with Crippen molar-refractivity contribution in [3.63, 3.8) is 0 Å². The summed E-state index contributed by atoms with van der Waals surface area (Å²) in [6.07, 6.45) is -0.235. The Morgan fingerprint density at radius 1 is 1.12 bits per heavy atom. The van der Waals surface area contributed by atoms with Crippen LogP contribution in [-0.4, -0.2) is 17.0 Å². The first-order chi connectivity index (χ1) is 11.4. The molecule has 2 rings (SSSR count). The van der Waals surface area contributed by atoms with Crippen molar-refractivity contribution in [1.82, 2.24) is 0 Å². The molecule has 1 amide bonds. The summed E-state index contributed by atoms with van der Waals surface area (Å²) >= 11 is 6.07. The second-order valence-electron chi connectivity index (χ2n) is 5.81. The van der Waals surface area contributed by atoms with Crippen LogP contribution < -0.4 is 5.32 Å². The van der Waals surface area contributed by atoms with Gasteiger partial charge in [-0.3, -0.25) is 9.59 Å².